The Hall–Kier alpha value is -3.09. The Morgan fingerprint density at radius 2 is 1.75 bits per heavy atom. The number of carbonyl (C=O) groups excluding carboxylic acids is 1. The molecule has 162 valence electrons. The number of carbonyl (C=O) groups is 1. The van der Waals surface area contributed by atoms with Gasteiger partial charge in [-0.1, -0.05) is 89.6 Å². The van der Waals surface area contributed by atoms with Gasteiger partial charge in [0.05, 0.1) is 11.4 Å². The molecule has 0 aliphatic rings. The molecule has 0 unspecified atom stereocenters. The first-order chi connectivity index (χ1) is 15.5. The molecule has 1 amide bonds. The highest BCUT2D eigenvalue weighted by Gasteiger charge is 2.18. The molecule has 0 aliphatic carbocycles. The molecule has 0 saturated carbocycles. The van der Waals surface area contributed by atoms with Crippen LogP contribution in [0.3, 0.4) is 0 Å². The van der Waals surface area contributed by atoms with Gasteiger partial charge in [-0.2, -0.15) is 0 Å². The van der Waals surface area contributed by atoms with E-state index in [-0.39, 0.29) is 11.7 Å². The molecular formula is C25H23ClN4OS. The van der Waals surface area contributed by atoms with Crippen molar-refractivity contribution >= 4 is 29.3 Å². The molecule has 4 rings (SSSR count). The Labute approximate surface area is 196 Å². The van der Waals surface area contributed by atoms with E-state index in [2.05, 4.69) is 15.5 Å². The van der Waals surface area contributed by atoms with Crippen molar-refractivity contribution in [1.82, 2.24) is 20.1 Å². The van der Waals surface area contributed by atoms with Gasteiger partial charge in [-0.3, -0.25) is 9.36 Å². The minimum absolute atomic E-state index is 0.0617. The summed E-state index contributed by atoms with van der Waals surface area (Å²) in [7, 11) is 0. The van der Waals surface area contributed by atoms with Crippen LogP contribution in [-0.2, 0) is 11.3 Å². The van der Waals surface area contributed by atoms with Crippen LogP contribution in [0, 0.1) is 13.8 Å². The molecule has 0 aliphatic heterocycles. The van der Waals surface area contributed by atoms with Gasteiger partial charge >= 0.3 is 0 Å². The van der Waals surface area contributed by atoms with Crippen LogP contribution in [0.2, 0.25) is 5.02 Å². The smallest absolute Gasteiger partial charge is 0.230 e. The Morgan fingerprint density at radius 3 is 2.47 bits per heavy atom. The summed E-state index contributed by atoms with van der Waals surface area (Å²) in [5.41, 5.74) is 5.05. The predicted octanol–water partition coefficient (Wildman–Crippen LogP) is 5.61. The molecule has 5 nitrogen and oxygen atoms in total. The highest BCUT2D eigenvalue weighted by Crippen LogP contribution is 2.29. The van der Waals surface area contributed by atoms with Crippen molar-refractivity contribution < 1.29 is 4.79 Å². The highest BCUT2D eigenvalue weighted by molar-refractivity contribution is 7.99. The normalized spacial score (nSPS) is 10.8. The molecular weight excluding hydrogens is 440 g/mol. The van der Waals surface area contributed by atoms with Crippen molar-refractivity contribution in [1.29, 1.82) is 0 Å². The molecule has 0 spiro atoms. The number of benzene rings is 3. The summed E-state index contributed by atoms with van der Waals surface area (Å²) in [6.45, 7) is 4.50. The SMILES string of the molecule is Cc1ccc(CNC(=O)CSc2nnc(-c3ccccc3)n2-c2ccc(C)c(Cl)c2)cc1. The van der Waals surface area contributed by atoms with Crippen LogP contribution in [0.4, 0.5) is 0 Å². The second kappa shape index (κ2) is 10.0. The fourth-order valence-corrected chi connectivity index (χ4v) is 4.14. The fourth-order valence-electron chi connectivity index (χ4n) is 3.18. The van der Waals surface area contributed by atoms with Crippen molar-refractivity contribution in [3.63, 3.8) is 0 Å². The average molecular weight is 463 g/mol. The number of nitrogens with zero attached hydrogens (tertiary/aromatic N) is 3. The largest absolute Gasteiger partial charge is 0.351 e. The maximum atomic E-state index is 12.5. The number of hydrogen-bond acceptors (Lipinski definition) is 4. The number of nitrogens with one attached hydrogen (secondary N) is 1. The summed E-state index contributed by atoms with van der Waals surface area (Å²) in [5, 5.41) is 13.1. The lowest BCUT2D eigenvalue weighted by Crippen LogP contribution is -2.24. The van der Waals surface area contributed by atoms with Crippen molar-refractivity contribution in [2.75, 3.05) is 5.75 Å². The molecule has 0 saturated heterocycles. The summed E-state index contributed by atoms with van der Waals surface area (Å²) >= 11 is 7.74. The third-order valence-corrected chi connectivity index (χ3v) is 6.36. The van der Waals surface area contributed by atoms with Gasteiger partial charge in [-0.25, -0.2) is 0 Å². The topological polar surface area (TPSA) is 59.8 Å². The molecule has 0 atom stereocenters. The van der Waals surface area contributed by atoms with Gasteiger partial charge < -0.3 is 5.32 Å². The van der Waals surface area contributed by atoms with Crippen LogP contribution < -0.4 is 5.32 Å². The van der Waals surface area contributed by atoms with Crippen LogP contribution in [0.5, 0.6) is 0 Å². The number of halogens is 1. The van der Waals surface area contributed by atoms with E-state index >= 15 is 0 Å². The lowest BCUT2D eigenvalue weighted by molar-refractivity contribution is -0.118. The second-order valence-electron chi connectivity index (χ2n) is 7.49. The quantitative estimate of drug-likeness (QED) is 0.362. The van der Waals surface area contributed by atoms with E-state index in [0.29, 0.717) is 22.5 Å². The van der Waals surface area contributed by atoms with Gasteiger partial charge in [0.1, 0.15) is 0 Å². The number of aromatic nitrogens is 3. The van der Waals surface area contributed by atoms with E-state index in [1.165, 1.54) is 17.3 Å². The van der Waals surface area contributed by atoms with E-state index in [1.807, 2.05) is 91.2 Å². The molecule has 1 aromatic heterocycles. The zero-order valence-corrected chi connectivity index (χ0v) is 19.5. The van der Waals surface area contributed by atoms with Crippen molar-refractivity contribution in [3.05, 3.63) is 94.5 Å². The van der Waals surface area contributed by atoms with Crippen LogP contribution in [0.15, 0.2) is 78.0 Å². The predicted molar refractivity (Wildman–Crippen MR) is 130 cm³/mol. The summed E-state index contributed by atoms with van der Waals surface area (Å²) in [6, 6.07) is 23.8. The third kappa shape index (κ3) is 5.21. The Kier molecular flexibility index (Phi) is 6.93. The number of aryl methyl sites for hydroxylation is 2. The van der Waals surface area contributed by atoms with Gasteiger partial charge in [-0.05, 0) is 37.1 Å². The average Bonchev–Trinajstić information content (AvgIpc) is 3.23. The van der Waals surface area contributed by atoms with Gasteiger partial charge in [-0.15, -0.1) is 10.2 Å². The molecule has 1 N–H and O–H groups in total. The molecule has 7 heteroatoms. The minimum Gasteiger partial charge on any atom is -0.351 e. The number of amides is 1. The van der Waals surface area contributed by atoms with E-state index in [4.69, 9.17) is 11.6 Å². The first-order valence-electron chi connectivity index (χ1n) is 10.2. The molecule has 32 heavy (non-hydrogen) atoms. The Morgan fingerprint density at radius 1 is 1.00 bits per heavy atom. The lowest BCUT2D eigenvalue weighted by Gasteiger charge is -2.12. The third-order valence-electron chi connectivity index (χ3n) is 5.02. The summed E-state index contributed by atoms with van der Waals surface area (Å²) in [4.78, 5) is 12.5. The maximum Gasteiger partial charge on any atom is 0.230 e. The summed E-state index contributed by atoms with van der Waals surface area (Å²) < 4.78 is 1.94. The van der Waals surface area contributed by atoms with E-state index in [1.54, 1.807) is 0 Å². The van der Waals surface area contributed by atoms with Crippen LogP contribution in [0.25, 0.3) is 17.1 Å². The monoisotopic (exact) mass is 462 g/mol. The van der Waals surface area contributed by atoms with Gasteiger partial charge in [0.15, 0.2) is 11.0 Å². The summed E-state index contributed by atoms with van der Waals surface area (Å²) in [5.74, 6) is 0.875. The standard InChI is InChI=1S/C25H23ClN4OS/c1-17-8-11-19(12-9-17)15-27-23(31)16-32-25-29-28-24(20-6-4-3-5-7-20)30(25)21-13-10-18(2)22(26)14-21/h3-14H,15-16H2,1-2H3,(H,27,31). The maximum absolute atomic E-state index is 12.5. The lowest BCUT2D eigenvalue weighted by atomic mass is 10.1. The first kappa shape index (κ1) is 22.1. The number of hydrogen-bond donors (Lipinski definition) is 1. The molecule has 3 aromatic carbocycles. The molecule has 0 radical (unpaired) electrons. The second-order valence-corrected chi connectivity index (χ2v) is 8.84. The van der Waals surface area contributed by atoms with Crippen LogP contribution >= 0.6 is 23.4 Å². The van der Waals surface area contributed by atoms with Crippen molar-refractivity contribution in [2.45, 2.75) is 25.5 Å². The minimum atomic E-state index is -0.0617. The van der Waals surface area contributed by atoms with Gasteiger partial charge in [0.25, 0.3) is 0 Å². The zero-order valence-electron chi connectivity index (χ0n) is 17.9. The summed E-state index contributed by atoms with van der Waals surface area (Å²) in [6.07, 6.45) is 0. The van der Waals surface area contributed by atoms with Gasteiger partial charge in [0, 0.05) is 17.1 Å². The Bertz CT molecular complexity index is 1220. The first-order valence-corrected chi connectivity index (χ1v) is 11.6. The van der Waals surface area contributed by atoms with Crippen LogP contribution in [0.1, 0.15) is 16.7 Å². The van der Waals surface area contributed by atoms with E-state index < -0.39 is 0 Å². The highest BCUT2D eigenvalue weighted by atomic mass is 35.5. The molecule has 1 heterocycles. The van der Waals surface area contributed by atoms with Gasteiger partial charge in [0.2, 0.25) is 5.91 Å². The van der Waals surface area contributed by atoms with Crippen molar-refractivity contribution in [3.8, 4) is 17.1 Å². The molecule has 0 bridgehead atoms. The van der Waals surface area contributed by atoms with E-state index in [0.717, 1.165) is 22.4 Å². The fraction of sp³-hybridized carbons (Fsp3) is 0.160. The molecule has 0 fully saturated rings. The van der Waals surface area contributed by atoms with Crippen LogP contribution in [-0.4, -0.2) is 26.4 Å². The zero-order chi connectivity index (χ0) is 22.5. The number of thioether (sulfide) groups is 1. The van der Waals surface area contributed by atoms with Crippen molar-refractivity contribution in [2.24, 2.45) is 0 Å². The Balaban J connectivity index is 1.54. The van der Waals surface area contributed by atoms with E-state index in [9.17, 15) is 4.79 Å². The molecule has 4 aromatic rings. The number of rotatable bonds is 7.